The average Bonchev–Trinajstić information content (AvgIpc) is 2.45. The van der Waals surface area contributed by atoms with Crippen LogP contribution in [0.25, 0.3) is 0 Å². The summed E-state index contributed by atoms with van der Waals surface area (Å²) in [6, 6.07) is 8.94. The number of hydrogen-bond donors (Lipinski definition) is 1. The zero-order valence-corrected chi connectivity index (χ0v) is 11.8. The van der Waals surface area contributed by atoms with Crippen molar-refractivity contribution in [1.82, 2.24) is 5.32 Å². The largest absolute Gasteiger partial charge is 0.356 e. The molecule has 0 aliphatic heterocycles. The van der Waals surface area contributed by atoms with Gasteiger partial charge in [-0.25, -0.2) is 0 Å². The molecule has 5 nitrogen and oxygen atoms in total. The summed E-state index contributed by atoms with van der Waals surface area (Å²) in [5, 5.41) is 11.8. The first kappa shape index (κ1) is 15.7. The summed E-state index contributed by atoms with van der Waals surface area (Å²) in [4.78, 5) is 24.8. The molecule has 0 unspecified atom stereocenters. The topological polar surface area (TPSA) is 73.2 Å². The van der Waals surface area contributed by atoms with Crippen molar-refractivity contribution >= 4 is 17.5 Å². The second-order valence-corrected chi connectivity index (χ2v) is 4.40. The molecule has 1 N–H and O–H groups in total. The lowest BCUT2D eigenvalue weighted by Crippen LogP contribution is -2.34. The van der Waals surface area contributed by atoms with E-state index in [4.69, 9.17) is 5.26 Å². The lowest BCUT2D eigenvalue weighted by Gasteiger charge is -2.22. The van der Waals surface area contributed by atoms with Crippen LogP contribution in [-0.2, 0) is 9.59 Å². The normalized spacial score (nSPS) is 9.65. The summed E-state index contributed by atoms with van der Waals surface area (Å²) >= 11 is 0. The first-order valence-electron chi connectivity index (χ1n) is 6.64. The number of para-hydroxylation sites is 1. The van der Waals surface area contributed by atoms with Gasteiger partial charge >= 0.3 is 0 Å². The molecule has 1 rings (SSSR count). The number of anilines is 1. The number of benzene rings is 1. The minimum Gasteiger partial charge on any atom is -0.356 e. The van der Waals surface area contributed by atoms with E-state index in [2.05, 4.69) is 11.4 Å². The van der Waals surface area contributed by atoms with Crippen LogP contribution in [0, 0.1) is 11.3 Å². The van der Waals surface area contributed by atoms with Gasteiger partial charge in [0, 0.05) is 26.4 Å². The van der Waals surface area contributed by atoms with Gasteiger partial charge in [-0.2, -0.15) is 5.26 Å². The zero-order chi connectivity index (χ0) is 15.0. The Morgan fingerprint density at radius 1 is 1.35 bits per heavy atom. The highest BCUT2D eigenvalue weighted by molar-refractivity contribution is 5.93. The summed E-state index contributed by atoms with van der Waals surface area (Å²) in [7, 11) is 0. The van der Waals surface area contributed by atoms with E-state index in [-0.39, 0.29) is 24.8 Å². The van der Waals surface area contributed by atoms with Crippen LogP contribution in [-0.4, -0.2) is 24.9 Å². The van der Waals surface area contributed by atoms with Crippen LogP contribution in [0.4, 0.5) is 5.69 Å². The first-order chi connectivity index (χ1) is 9.60. The van der Waals surface area contributed by atoms with Gasteiger partial charge < -0.3 is 10.2 Å². The minimum absolute atomic E-state index is 0.0902. The van der Waals surface area contributed by atoms with Crippen molar-refractivity contribution in [3.63, 3.8) is 0 Å². The van der Waals surface area contributed by atoms with Crippen molar-refractivity contribution < 1.29 is 9.59 Å². The summed E-state index contributed by atoms with van der Waals surface area (Å²) in [5.74, 6) is -0.275. The smallest absolute Gasteiger partial charge is 0.223 e. The monoisotopic (exact) mass is 273 g/mol. The van der Waals surface area contributed by atoms with Crippen LogP contribution >= 0.6 is 0 Å². The number of rotatable bonds is 6. The van der Waals surface area contributed by atoms with Gasteiger partial charge in [0.15, 0.2) is 0 Å². The standard InChI is InChI=1S/C15H19N3O2/c1-3-9-17-15(20)8-10-18(12(2)19)14-7-5-4-6-13(14)11-16/h4-7H,3,8-10H2,1-2H3,(H,17,20). The molecule has 0 atom stereocenters. The fraction of sp³-hybridized carbons (Fsp3) is 0.400. The lowest BCUT2D eigenvalue weighted by atomic mass is 10.1. The third-order valence-corrected chi connectivity index (χ3v) is 2.83. The number of carbonyl (C=O) groups excluding carboxylic acids is 2. The predicted molar refractivity (Wildman–Crippen MR) is 77.1 cm³/mol. The van der Waals surface area contributed by atoms with Gasteiger partial charge in [-0.3, -0.25) is 9.59 Å². The number of nitrogens with one attached hydrogen (secondary N) is 1. The Hall–Kier alpha value is -2.35. The van der Waals surface area contributed by atoms with E-state index in [1.165, 1.54) is 11.8 Å². The van der Waals surface area contributed by atoms with Crippen molar-refractivity contribution in [2.24, 2.45) is 0 Å². The quantitative estimate of drug-likeness (QED) is 0.859. The van der Waals surface area contributed by atoms with E-state index < -0.39 is 0 Å². The molecule has 20 heavy (non-hydrogen) atoms. The predicted octanol–water partition coefficient (Wildman–Crippen LogP) is 1.83. The van der Waals surface area contributed by atoms with Gasteiger partial charge in [-0.1, -0.05) is 19.1 Å². The Labute approximate surface area is 119 Å². The molecule has 0 aliphatic rings. The summed E-state index contributed by atoms with van der Waals surface area (Å²) in [5.41, 5.74) is 0.974. The highest BCUT2D eigenvalue weighted by atomic mass is 16.2. The second-order valence-electron chi connectivity index (χ2n) is 4.40. The molecule has 0 spiro atoms. The maximum absolute atomic E-state index is 11.7. The van der Waals surface area contributed by atoms with E-state index in [1.54, 1.807) is 24.3 Å². The summed E-state index contributed by atoms with van der Waals surface area (Å²) < 4.78 is 0. The molecule has 106 valence electrons. The number of nitrogens with zero attached hydrogens (tertiary/aromatic N) is 2. The van der Waals surface area contributed by atoms with Crippen molar-refractivity contribution in [3.05, 3.63) is 29.8 Å². The second kappa shape index (κ2) is 7.95. The number of hydrogen-bond acceptors (Lipinski definition) is 3. The summed E-state index contributed by atoms with van der Waals surface area (Å²) in [6.07, 6.45) is 1.10. The van der Waals surface area contributed by atoms with Crippen LogP contribution in [0.1, 0.15) is 32.3 Å². The maximum atomic E-state index is 11.7. The van der Waals surface area contributed by atoms with Crippen LogP contribution in [0.2, 0.25) is 0 Å². The molecule has 0 aromatic heterocycles. The molecule has 0 heterocycles. The number of carbonyl (C=O) groups is 2. The van der Waals surface area contributed by atoms with Gasteiger partial charge in [0.1, 0.15) is 6.07 Å². The fourth-order valence-electron chi connectivity index (χ4n) is 1.82. The molecule has 0 saturated carbocycles. The highest BCUT2D eigenvalue weighted by Gasteiger charge is 2.16. The highest BCUT2D eigenvalue weighted by Crippen LogP contribution is 2.19. The van der Waals surface area contributed by atoms with Gasteiger partial charge in [-0.05, 0) is 18.6 Å². The van der Waals surface area contributed by atoms with E-state index in [0.29, 0.717) is 17.8 Å². The Bertz CT molecular complexity index is 520. The third-order valence-electron chi connectivity index (χ3n) is 2.83. The van der Waals surface area contributed by atoms with Crippen LogP contribution in [0.5, 0.6) is 0 Å². The minimum atomic E-state index is -0.184. The number of nitriles is 1. The van der Waals surface area contributed by atoms with Gasteiger partial charge in [0.25, 0.3) is 0 Å². The van der Waals surface area contributed by atoms with Crippen molar-refractivity contribution in [3.8, 4) is 6.07 Å². The molecular formula is C15H19N3O2. The van der Waals surface area contributed by atoms with Crippen LogP contribution in [0.3, 0.4) is 0 Å². The average molecular weight is 273 g/mol. The first-order valence-corrected chi connectivity index (χ1v) is 6.64. The van der Waals surface area contributed by atoms with E-state index in [9.17, 15) is 9.59 Å². The molecule has 1 aromatic rings. The Kier molecular flexibility index (Phi) is 6.24. The zero-order valence-electron chi connectivity index (χ0n) is 11.8. The molecule has 0 bridgehead atoms. The SMILES string of the molecule is CCCNC(=O)CCN(C(C)=O)c1ccccc1C#N. The molecule has 2 amide bonds. The fourth-order valence-corrected chi connectivity index (χ4v) is 1.82. The maximum Gasteiger partial charge on any atom is 0.223 e. The molecule has 0 saturated heterocycles. The Morgan fingerprint density at radius 3 is 2.65 bits per heavy atom. The van der Waals surface area contributed by atoms with Crippen LogP contribution in [0.15, 0.2) is 24.3 Å². The van der Waals surface area contributed by atoms with E-state index in [1.807, 2.05) is 6.92 Å². The Balaban J connectivity index is 2.78. The van der Waals surface area contributed by atoms with Crippen molar-refractivity contribution in [1.29, 1.82) is 5.26 Å². The van der Waals surface area contributed by atoms with E-state index in [0.717, 1.165) is 6.42 Å². The van der Waals surface area contributed by atoms with Crippen molar-refractivity contribution in [2.45, 2.75) is 26.7 Å². The third kappa shape index (κ3) is 4.39. The molecule has 0 fully saturated rings. The van der Waals surface area contributed by atoms with Gasteiger partial charge in [-0.15, -0.1) is 0 Å². The Morgan fingerprint density at radius 2 is 2.05 bits per heavy atom. The van der Waals surface area contributed by atoms with E-state index >= 15 is 0 Å². The van der Waals surface area contributed by atoms with Crippen LogP contribution < -0.4 is 10.2 Å². The molecule has 0 aliphatic carbocycles. The van der Waals surface area contributed by atoms with Crippen molar-refractivity contribution in [2.75, 3.05) is 18.0 Å². The molecular weight excluding hydrogens is 254 g/mol. The summed E-state index contributed by atoms with van der Waals surface area (Å²) in [6.45, 7) is 4.31. The number of amides is 2. The molecule has 1 aromatic carbocycles. The molecule has 0 radical (unpaired) electrons. The van der Waals surface area contributed by atoms with Gasteiger partial charge in [0.05, 0.1) is 11.3 Å². The van der Waals surface area contributed by atoms with Gasteiger partial charge in [0.2, 0.25) is 11.8 Å². The molecule has 5 heteroatoms. The lowest BCUT2D eigenvalue weighted by molar-refractivity contribution is -0.121.